The third-order valence-electron chi connectivity index (χ3n) is 6.26. The number of nitrogens with one attached hydrogen (secondary N) is 2. The number of aryl methyl sites for hydroxylation is 1. The van der Waals surface area contributed by atoms with Crippen LogP contribution in [0.4, 0.5) is 10.6 Å². The SMILES string of the molecule is CCCc1ccc(C2(C)NC(=O)N(CC(=O)Nc3ccnn3C3CCCC3)C2=O)cc1. The molecule has 8 nitrogen and oxygen atoms in total. The van der Waals surface area contributed by atoms with Gasteiger partial charge in [-0.1, -0.05) is 50.5 Å². The maximum atomic E-state index is 13.1. The van der Waals surface area contributed by atoms with Gasteiger partial charge in [0, 0.05) is 6.07 Å². The molecule has 1 aromatic carbocycles. The summed E-state index contributed by atoms with van der Waals surface area (Å²) < 4.78 is 1.83. The topological polar surface area (TPSA) is 96.3 Å². The Kier molecular flexibility index (Phi) is 5.80. The van der Waals surface area contributed by atoms with Gasteiger partial charge < -0.3 is 10.6 Å². The molecule has 4 rings (SSSR count). The minimum Gasteiger partial charge on any atom is -0.319 e. The number of anilines is 1. The molecule has 1 atom stereocenters. The van der Waals surface area contributed by atoms with Crippen molar-refractivity contribution in [3.05, 3.63) is 47.7 Å². The predicted octanol–water partition coefficient (Wildman–Crippen LogP) is 3.36. The Bertz CT molecular complexity index is 977. The molecular weight excluding hydrogens is 394 g/mol. The summed E-state index contributed by atoms with van der Waals surface area (Å²) in [5.41, 5.74) is 0.697. The number of urea groups is 1. The zero-order valence-electron chi connectivity index (χ0n) is 18.1. The summed E-state index contributed by atoms with van der Waals surface area (Å²) in [6.45, 7) is 3.44. The van der Waals surface area contributed by atoms with E-state index in [-0.39, 0.29) is 12.6 Å². The van der Waals surface area contributed by atoms with Crippen LogP contribution >= 0.6 is 0 Å². The second-order valence-corrected chi connectivity index (χ2v) is 8.54. The van der Waals surface area contributed by atoms with Crippen LogP contribution in [0.5, 0.6) is 0 Å². The van der Waals surface area contributed by atoms with Crippen molar-refractivity contribution in [2.45, 2.75) is 64.0 Å². The van der Waals surface area contributed by atoms with E-state index in [1.54, 1.807) is 19.2 Å². The molecule has 2 heterocycles. The molecule has 1 aliphatic carbocycles. The van der Waals surface area contributed by atoms with Gasteiger partial charge in [0.2, 0.25) is 5.91 Å². The van der Waals surface area contributed by atoms with E-state index in [0.29, 0.717) is 11.4 Å². The van der Waals surface area contributed by atoms with E-state index in [1.807, 2.05) is 28.9 Å². The molecule has 2 aliphatic rings. The Labute approximate surface area is 182 Å². The monoisotopic (exact) mass is 423 g/mol. The highest BCUT2D eigenvalue weighted by atomic mass is 16.2. The number of carbonyl (C=O) groups is 3. The van der Waals surface area contributed by atoms with Crippen molar-refractivity contribution in [3.63, 3.8) is 0 Å². The van der Waals surface area contributed by atoms with Gasteiger partial charge >= 0.3 is 6.03 Å². The highest BCUT2D eigenvalue weighted by molar-refractivity contribution is 6.10. The van der Waals surface area contributed by atoms with Crippen molar-refractivity contribution < 1.29 is 14.4 Å². The molecule has 1 aromatic heterocycles. The number of benzene rings is 1. The summed E-state index contributed by atoms with van der Waals surface area (Å²) in [7, 11) is 0. The zero-order valence-corrected chi connectivity index (χ0v) is 18.1. The fourth-order valence-electron chi connectivity index (χ4n) is 4.51. The van der Waals surface area contributed by atoms with Crippen molar-refractivity contribution in [2.24, 2.45) is 0 Å². The number of rotatable bonds is 7. The Morgan fingerprint density at radius 2 is 1.90 bits per heavy atom. The summed E-state index contributed by atoms with van der Waals surface area (Å²) in [5, 5.41) is 9.91. The van der Waals surface area contributed by atoms with Crippen LogP contribution in [0.15, 0.2) is 36.5 Å². The highest BCUT2D eigenvalue weighted by Crippen LogP contribution is 2.32. The minimum absolute atomic E-state index is 0.279. The first kappa shape index (κ1) is 21.1. The van der Waals surface area contributed by atoms with Crippen molar-refractivity contribution in [2.75, 3.05) is 11.9 Å². The van der Waals surface area contributed by atoms with Crippen molar-refractivity contribution in [1.82, 2.24) is 20.0 Å². The lowest BCUT2D eigenvalue weighted by atomic mass is 9.91. The van der Waals surface area contributed by atoms with E-state index < -0.39 is 23.4 Å². The van der Waals surface area contributed by atoms with Gasteiger partial charge in [0.15, 0.2) is 0 Å². The summed E-state index contributed by atoms with van der Waals surface area (Å²) in [6.07, 6.45) is 8.02. The first-order valence-electron chi connectivity index (χ1n) is 11.0. The average Bonchev–Trinajstić information content (AvgIpc) is 3.47. The third kappa shape index (κ3) is 4.06. The summed E-state index contributed by atoms with van der Waals surface area (Å²) in [4.78, 5) is 39.3. The Morgan fingerprint density at radius 3 is 2.58 bits per heavy atom. The molecule has 8 heteroatoms. The quantitative estimate of drug-likeness (QED) is 0.668. The normalized spacial score (nSPS) is 21.5. The summed E-state index contributed by atoms with van der Waals surface area (Å²) in [6, 6.07) is 9.14. The molecule has 0 spiro atoms. The molecule has 4 amide bonds. The molecule has 1 aliphatic heterocycles. The van der Waals surface area contributed by atoms with E-state index >= 15 is 0 Å². The average molecular weight is 424 g/mol. The van der Waals surface area contributed by atoms with Gasteiger partial charge in [0.05, 0.1) is 12.2 Å². The lowest BCUT2D eigenvalue weighted by molar-refractivity contribution is -0.133. The molecule has 0 radical (unpaired) electrons. The van der Waals surface area contributed by atoms with Gasteiger partial charge in [-0.15, -0.1) is 0 Å². The maximum Gasteiger partial charge on any atom is 0.325 e. The van der Waals surface area contributed by atoms with Gasteiger partial charge in [-0.25, -0.2) is 9.48 Å². The Balaban J connectivity index is 1.44. The van der Waals surface area contributed by atoms with Crippen LogP contribution in [-0.2, 0) is 21.5 Å². The van der Waals surface area contributed by atoms with Crippen LogP contribution < -0.4 is 10.6 Å². The molecule has 0 bridgehead atoms. The third-order valence-corrected chi connectivity index (χ3v) is 6.26. The van der Waals surface area contributed by atoms with E-state index in [4.69, 9.17) is 0 Å². The second kappa shape index (κ2) is 8.53. The number of carbonyl (C=O) groups excluding carboxylic acids is 3. The molecule has 164 valence electrons. The number of aromatic nitrogens is 2. The minimum atomic E-state index is -1.19. The molecule has 1 unspecified atom stereocenters. The fraction of sp³-hybridized carbons (Fsp3) is 0.478. The van der Waals surface area contributed by atoms with Crippen molar-refractivity contribution in [3.8, 4) is 0 Å². The molecule has 1 saturated heterocycles. The van der Waals surface area contributed by atoms with Crippen molar-refractivity contribution >= 4 is 23.7 Å². The first-order chi connectivity index (χ1) is 14.9. The zero-order chi connectivity index (χ0) is 22.0. The fourth-order valence-corrected chi connectivity index (χ4v) is 4.51. The smallest absolute Gasteiger partial charge is 0.319 e. The van der Waals surface area contributed by atoms with Crippen LogP contribution in [0.2, 0.25) is 0 Å². The van der Waals surface area contributed by atoms with Crippen LogP contribution in [0.3, 0.4) is 0 Å². The van der Waals surface area contributed by atoms with Crippen molar-refractivity contribution in [1.29, 1.82) is 0 Å². The number of hydrogen-bond acceptors (Lipinski definition) is 4. The van der Waals surface area contributed by atoms with Gasteiger partial charge in [-0.05, 0) is 37.3 Å². The van der Waals surface area contributed by atoms with Gasteiger partial charge in [0.25, 0.3) is 5.91 Å². The highest BCUT2D eigenvalue weighted by Gasteiger charge is 2.49. The molecule has 2 fully saturated rings. The number of nitrogens with zero attached hydrogens (tertiary/aromatic N) is 3. The second-order valence-electron chi connectivity index (χ2n) is 8.54. The van der Waals surface area contributed by atoms with Crippen LogP contribution in [0.25, 0.3) is 0 Å². The lowest BCUT2D eigenvalue weighted by Crippen LogP contribution is -2.42. The molecule has 2 aromatic rings. The van der Waals surface area contributed by atoms with Gasteiger partial charge in [0.1, 0.15) is 17.9 Å². The van der Waals surface area contributed by atoms with Gasteiger partial charge in [-0.3, -0.25) is 14.5 Å². The number of imide groups is 1. The maximum absolute atomic E-state index is 13.1. The number of hydrogen-bond donors (Lipinski definition) is 2. The molecule has 1 saturated carbocycles. The van der Waals surface area contributed by atoms with Gasteiger partial charge in [-0.2, -0.15) is 5.10 Å². The Hall–Kier alpha value is -3.16. The summed E-state index contributed by atoms with van der Waals surface area (Å²) >= 11 is 0. The van der Waals surface area contributed by atoms with E-state index in [2.05, 4.69) is 22.7 Å². The van der Waals surface area contributed by atoms with E-state index in [0.717, 1.165) is 43.4 Å². The lowest BCUT2D eigenvalue weighted by Gasteiger charge is -2.22. The largest absolute Gasteiger partial charge is 0.325 e. The van der Waals surface area contributed by atoms with Crippen LogP contribution in [-0.4, -0.2) is 39.1 Å². The predicted molar refractivity (Wildman–Crippen MR) is 116 cm³/mol. The molecule has 2 N–H and O–H groups in total. The van der Waals surface area contributed by atoms with E-state index in [1.165, 1.54) is 5.56 Å². The Morgan fingerprint density at radius 1 is 1.19 bits per heavy atom. The van der Waals surface area contributed by atoms with Crippen LogP contribution in [0, 0.1) is 0 Å². The molecule has 31 heavy (non-hydrogen) atoms. The van der Waals surface area contributed by atoms with E-state index in [9.17, 15) is 14.4 Å². The standard InChI is InChI=1S/C23H29N5O3/c1-3-6-16-9-11-17(12-10-16)23(2)21(30)27(22(31)26-23)15-20(29)25-19-13-14-24-28(19)18-7-4-5-8-18/h9-14,18H,3-8,15H2,1-2H3,(H,25,29)(H,26,31). The van der Waals surface area contributed by atoms with Crippen LogP contribution in [0.1, 0.15) is 63.1 Å². The summed E-state index contributed by atoms with van der Waals surface area (Å²) in [5.74, 6) is -0.260. The number of amides is 4. The first-order valence-corrected chi connectivity index (χ1v) is 11.0. The molecular formula is C23H29N5O3.